The Balaban J connectivity index is 1.64. The van der Waals surface area contributed by atoms with E-state index in [-0.39, 0.29) is 11.5 Å². The summed E-state index contributed by atoms with van der Waals surface area (Å²) in [4.78, 5) is 16.1. The molecule has 2 aromatic rings. The minimum atomic E-state index is -1.02. The number of carbonyl (C=O) groups excluding carboxylic acids is 1. The van der Waals surface area contributed by atoms with Gasteiger partial charge in [-0.2, -0.15) is 5.26 Å². The van der Waals surface area contributed by atoms with E-state index in [9.17, 15) is 13.6 Å². The molecule has 1 aliphatic heterocycles. The molecule has 3 rings (SSSR count). The van der Waals surface area contributed by atoms with E-state index < -0.39 is 11.6 Å². The molecule has 0 aliphatic carbocycles. The molecule has 0 N–H and O–H groups in total. The Kier molecular flexibility index (Phi) is 4.43. The Hall–Kier alpha value is -2.94. The summed E-state index contributed by atoms with van der Waals surface area (Å²) < 4.78 is 26.2. The molecule has 0 unspecified atom stereocenters. The smallest absolute Gasteiger partial charge is 0.254 e. The highest BCUT2D eigenvalue weighted by Crippen LogP contribution is 2.18. The molecular weight excluding hydrogens is 312 g/mol. The van der Waals surface area contributed by atoms with Gasteiger partial charge in [0.05, 0.1) is 11.6 Å². The zero-order valence-electron chi connectivity index (χ0n) is 12.9. The summed E-state index contributed by atoms with van der Waals surface area (Å²) in [7, 11) is 0. The lowest BCUT2D eigenvalue weighted by molar-refractivity contribution is 0.0746. The minimum absolute atomic E-state index is 0.153. The molecule has 2 aromatic carbocycles. The van der Waals surface area contributed by atoms with Gasteiger partial charge in [0.2, 0.25) is 0 Å². The van der Waals surface area contributed by atoms with Crippen molar-refractivity contribution in [3.8, 4) is 6.07 Å². The number of nitrogens with zero attached hydrogens (tertiary/aromatic N) is 3. The first-order valence-electron chi connectivity index (χ1n) is 7.58. The van der Waals surface area contributed by atoms with Crippen LogP contribution in [0, 0.1) is 23.0 Å². The van der Waals surface area contributed by atoms with Crippen LogP contribution in [0.4, 0.5) is 14.5 Å². The van der Waals surface area contributed by atoms with Crippen LogP contribution in [-0.4, -0.2) is 37.0 Å². The van der Waals surface area contributed by atoms with Gasteiger partial charge < -0.3 is 9.80 Å². The van der Waals surface area contributed by atoms with Crippen LogP contribution in [0.3, 0.4) is 0 Å². The van der Waals surface area contributed by atoms with E-state index in [0.717, 1.165) is 17.8 Å². The Morgan fingerprint density at radius 1 is 0.958 bits per heavy atom. The van der Waals surface area contributed by atoms with E-state index in [4.69, 9.17) is 5.26 Å². The van der Waals surface area contributed by atoms with E-state index in [1.165, 1.54) is 6.07 Å². The van der Waals surface area contributed by atoms with Crippen molar-refractivity contribution in [2.75, 3.05) is 31.1 Å². The third-order valence-corrected chi connectivity index (χ3v) is 4.09. The number of nitriles is 1. The summed E-state index contributed by atoms with van der Waals surface area (Å²) >= 11 is 0. The van der Waals surface area contributed by atoms with Gasteiger partial charge in [0.25, 0.3) is 5.91 Å². The predicted molar refractivity (Wildman–Crippen MR) is 85.6 cm³/mol. The molecule has 122 valence electrons. The lowest BCUT2D eigenvalue weighted by atomic mass is 10.1. The summed E-state index contributed by atoms with van der Waals surface area (Å²) in [6.45, 7) is 2.28. The van der Waals surface area contributed by atoms with Crippen molar-refractivity contribution in [1.82, 2.24) is 4.90 Å². The number of piperazine rings is 1. The van der Waals surface area contributed by atoms with Crippen molar-refractivity contribution in [1.29, 1.82) is 5.26 Å². The summed E-state index contributed by atoms with van der Waals surface area (Å²) in [6.07, 6.45) is 0. The predicted octanol–water partition coefficient (Wildman–Crippen LogP) is 2.80. The number of rotatable bonds is 2. The van der Waals surface area contributed by atoms with E-state index in [1.807, 2.05) is 12.1 Å². The van der Waals surface area contributed by atoms with Crippen LogP contribution >= 0.6 is 0 Å². The average Bonchev–Trinajstić information content (AvgIpc) is 2.63. The Labute approximate surface area is 138 Å². The fraction of sp³-hybridized carbons (Fsp3) is 0.222. The molecule has 1 aliphatic rings. The van der Waals surface area contributed by atoms with E-state index in [0.29, 0.717) is 31.7 Å². The molecule has 0 radical (unpaired) electrons. The van der Waals surface area contributed by atoms with Crippen LogP contribution in [-0.2, 0) is 0 Å². The number of hydrogen-bond donors (Lipinski definition) is 0. The van der Waals surface area contributed by atoms with Gasteiger partial charge >= 0.3 is 0 Å². The number of carbonyl (C=O) groups is 1. The average molecular weight is 327 g/mol. The van der Waals surface area contributed by atoms with Crippen molar-refractivity contribution in [2.24, 2.45) is 0 Å². The fourth-order valence-corrected chi connectivity index (χ4v) is 2.73. The molecule has 24 heavy (non-hydrogen) atoms. The summed E-state index contributed by atoms with van der Waals surface area (Å²) in [5.41, 5.74) is 1.75. The Bertz CT molecular complexity index is 791. The minimum Gasteiger partial charge on any atom is -0.368 e. The number of hydrogen-bond acceptors (Lipinski definition) is 3. The highest BCUT2D eigenvalue weighted by Gasteiger charge is 2.23. The molecule has 1 saturated heterocycles. The van der Waals surface area contributed by atoms with Crippen LogP contribution < -0.4 is 4.90 Å². The fourth-order valence-electron chi connectivity index (χ4n) is 2.73. The molecule has 0 bridgehead atoms. The van der Waals surface area contributed by atoms with Crippen LogP contribution in [0.1, 0.15) is 15.9 Å². The van der Waals surface area contributed by atoms with Gasteiger partial charge in [0, 0.05) is 37.4 Å². The second-order valence-corrected chi connectivity index (χ2v) is 5.57. The zero-order valence-corrected chi connectivity index (χ0v) is 12.9. The number of anilines is 1. The molecule has 1 fully saturated rings. The normalized spacial score (nSPS) is 14.4. The van der Waals surface area contributed by atoms with Gasteiger partial charge in [-0.3, -0.25) is 4.79 Å². The molecule has 0 atom stereocenters. The van der Waals surface area contributed by atoms with Crippen molar-refractivity contribution < 1.29 is 13.6 Å². The lowest BCUT2D eigenvalue weighted by Gasteiger charge is -2.36. The molecule has 1 amide bonds. The van der Waals surface area contributed by atoms with Crippen LogP contribution in [0.5, 0.6) is 0 Å². The van der Waals surface area contributed by atoms with Gasteiger partial charge in [0.1, 0.15) is 0 Å². The van der Waals surface area contributed by atoms with E-state index in [1.54, 1.807) is 17.0 Å². The van der Waals surface area contributed by atoms with Crippen molar-refractivity contribution in [2.45, 2.75) is 0 Å². The van der Waals surface area contributed by atoms with Gasteiger partial charge in [-0.05, 0) is 42.5 Å². The van der Waals surface area contributed by atoms with Crippen molar-refractivity contribution in [3.05, 3.63) is 65.2 Å². The highest BCUT2D eigenvalue weighted by molar-refractivity contribution is 5.94. The highest BCUT2D eigenvalue weighted by atomic mass is 19.2. The van der Waals surface area contributed by atoms with Crippen LogP contribution in [0.15, 0.2) is 42.5 Å². The molecule has 4 nitrogen and oxygen atoms in total. The van der Waals surface area contributed by atoms with Crippen molar-refractivity contribution in [3.63, 3.8) is 0 Å². The molecule has 0 aromatic heterocycles. The summed E-state index contributed by atoms with van der Waals surface area (Å²) in [5, 5.41) is 8.82. The number of amides is 1. The quantitative estimate of drug-likeness (QED) is 0.852. The molecule has 0 saturated carbocycles. The summed E-state index contributed by atoms with van der Waals surface area (Å²) in [5.74, 6) is -2.28. The second-order valence-electron chi connectivity index (χ2n) is 5.57. The van der Waals surface area contributed by atoms with E-state index in [2.05, 4.69) is 11.0 Å². The van der Waals surface area contributed by atoms with Gasteiger partial charge in [-0.1, -0.05) is 0 Å². The van der Waals surface area contributed by atoms with Gasteiger partial charge in [-0.25, -0.2) is 8.78 Å². The monoisotopic (exact) mass is 327 g/mol. The van der Waals surface area contributed by atoms with E-state index >= 15 is 0 Å². The van der Waals surface area contributed by atoms with Crippen LogP contribution in [0.2, 0.25) is 0 Å². The third-order valence-electron chi connectivity index (χ3n) is 4.09. The zero-order chi connectivity index (χ0) is 17.1. The molecule has 1 heterocycles. The first-order valence-corrected chi connectivity index (χ1v) is 7.58. The molecule has 0 spiro atoms. The van der Waals surface area contributed by atoms with Crippen LogP contribution in [0.25, 0.3) is 0 Å². The number of halogens is 2. The first-order chi connectivity index (χ1) is 11.6. The molecule has 6 heteroatoms. The van der Waals surface area contributed by atoms with Gasteiger partial charge in [-0.15, -0.1) is 0 Å². The number of benzene rings is 2. The standard InChI is InChI=1S/C18H15F2N3O/c19-16-6-3-14(11-17(16)20)18(24)23-9-7-22(8-10-23)15-4-1-13(12-21)2-5-15/h1-6,11H,7-10H2. The maximum atomic E-state index is 13.3. The topological polar surface area (TPSA) is 47.3 Å². The maximum absolute atomic E-state index is 13.3. The SMILES string of the molecule is N#Cc1ccc(N2CCN(C(=O)c3ccc(F)c(F)c3)CC2)cc1. The second kappa shape index (κ2) is 6.67. The third kappa shape index (κ3) is 3.20. The first kappa shape index (κ1) is 15.9. The largest absolute Gasteiger partial charge is 0.368 e. The summed E-state index contributed by atoms with van der Waals surface area (Å²) in [6, 6.07) is 12.6. The maximum Gasteiger partial charge on any atom is 0.254 e. The molecular formula is C18H15F2N3O. The van der Waals surface area contributed by atoms with Gasteiger partial charge in [0.15, 0.2) is 11.6 Å². The Morgan fingerprint density at radius 3 is 2.21 bits per heavy atom. The lowest BCUT2D eigenvalue weighted by Crippen LogP contribution is -2.48. The Morgan fingerprint density at radius 2 is 1.62 bits per heavy atom. The van der Waals surface area contributed by atoms with Crippen molar-refractivity contribution >= 4 is 11.6 Å².